The average molecular weight is 257 g/mol. The highest BCUT2D eigenvalue weighted by Gasteiger charge is 2.14. The summed E-state index contributed by atoms with van der Waals surface area (Å²) >= 11 is 0. The Morgan fingerprint density at radius 1 is 1.53 bits per heavy atom. The number of carboxylic acid groups (broad SMARTS) is 1. The van der Waals surface area contributed by atoms with Crippen molar-refractivity contribution in [3.05, 3.63) is 47.3 Å². The van der Waals surface area contributed by atoms with Gasteiger partial charge in [0.25, 0.3) is 0 Å². The first-order valence-electron chi connectivity index (χ1n) is 5.47. The highest BCUT2D eigenvalue weighted by atomic mass is 16.5. The number of ether oxygens (including phenoxy) is 1. The molecule has 2 aromatic rings. The Morgan fingerprint density at radius 2 is 2.32 bits per heavy atom. The summed E-state index contributed by atoms with van der Waals surface area (Å²) in [4.78, 5) is 11.0. The fourth-order valence-corrected chi connectivity index (χ4v) is 1.71. The molecule has 1 heterocycles. The second-order valence-electron chi connectivity index (χ2n) is 3.83. The second-order valence-corrected chi connectivity index (χ2v) is 3.83. The summed E-state index contributed by atoms with van der Waals surface area (Å²) < 4.78 is 6.49. The molecular weight excluding hydrogens is 246 g/mol. The van der Waals surface area contributed by atoms with Gasteiger partial charge in [0.05, 0.1) is 29.6 Å². The van der Waals surface area contributed by atoms with E-state index in [1.54, 1.807) is 24.3 Å². The minimum absolute atomic E-state index is 0.0607. The van der Waals surface area contributed by atoms with E-state index in [-0.39, 0.29) is 12.3 Å². The van der Waals surface area contributed by atoms with Crippen molar-refractivity contribution >= 4 is 5.97 Å². The maximum Gasteiger partial charge on any atom is 0.356 e. The number of rotatable bonds is 4. The molecule has 0 spiro atoms. The molecule has 6 nitrogen and oxygen atoms in total. The van der Waals surface area contributed by atoms with Crippen LogP contribution >= 0.6 is 0 Å². The zero-order chi connectivity index (χ0) is 13.8. The Hall–Kier alpha value is -2.65. The van der Waals surface area contributed by atoms with Crippen LogP contribution in [0.15, 0.2) is 30.3 Å². The smallest absolute Gasteiger partial charge is 0.356 e. The molecule has 0 saturated heterocycles. The van der Waals surface area contributed by atoms with Crippen molar-refractivity contribution in [1.29, 1.82) is 5.26 Å². The SMILES string of the molecule is COCc1cc(C(=O)O)nn1-c1cccc(C#N)c1. The van der Waals surface area contributed by atoms with E-state index in [4.69, 9.17) is 15.1 Å². The fraction of sp³-hybridized carbons (Fsp3) is 0.154. The van der Waals surface area contributed by atoms with Crippen LogP contribution in [0.25, 0.3) is 5.69 Å². The van der Waals surface area contributed by atoms with Gasteiger partial charge in [-0.3, -0.25) is 0 Å². The molecule has 0 radical (unpaired) electrons. The monoisotopic (exact) mass is 257 g/mol. The summed E-state index contributed by atoms with van der Waals surface area (Å²) in [5, 5.41) is 21.8. The van der Waals surface area contributed by atoms with Gasteiger partial charge in [0.1, 0.15) is 0 Å². The van der Waals surface area contributed by atoms with Gasteiger partial charge in [-0.1, -0.05) is 6.07 Å². The lowest BCUT2D eigenvalue weighted by atomic mass is 10.2. The molecule has 96 valence electrons. The van der Waals surface area contributed by atoms with Gasteiger partial charge in [-0.25, -0.2) is 9.48 Å². The molecule has 0 aliphatic heterocycles. The fourth-order valence-electron chi connectivity index (χ4n) is 1.71. The average Bonchev–Trinajstić information content (AvgIpc) is 2.83. The van der Waals surface area contributed by atoms with Crippen LogP contribution in [-0.4, -0.2) is 28.0 Å². The van der Waals surface area contributed by atoms with Crippen molar-refractivity contribution in [3.8, 4) is 11.8 Å². The van der Waals surface area contributed by atoms with E-state index in [9.17, 15) is 4.79 Å². The molecule has 1 N–H and O–H groups in total. The van der Waals surface area contributed by atoms with Crippen LogP contribution in [0, 0.1) is 11.3 Å². The standard InChI is InChI=1S/C13H11N3O3/c1-19-8-11-6-12(13(17)18)15-16(11)10-4-2-3-9(5-10)7-14/h2-6H,8H2,1H3,(H,17,18). The van der Waals surface area contributed by atoms with Gasteiger partial charge in [-0.05, 0) is 24.3 Å². The lowest BCUT2D eigenvalue weighted by molar-refractivity contribution is 0.0690. The highest BCUT2D eigenvalue weighted by Crippen LogP contribution is 2.15. The predicted molar refractivity (Wildman–Crippen MR) is 66.0 cm³/mol. The Balaban J connectivity index is 2.53. The molecule has 0 aliphatic carbocycles. The number of carbonyl (C=O) groups is 1. The third-order valence-corrected chi connectivity index (χ3v) is 2.51. The molecule has 0 bridgehead atoms. The van der Waals surface area contributed by atoms with Crippen molar-refractivity contribution in [1.82, 2.24) is 9.78 Å². The number of carboxylic acids is 1. The summed E-state index contributed by atoms with van der Waals surface area (Å²) in [7, 11) is 1.52. The van der Waals surface area contributed by atoms with E-state index >= 15 is 0 Å². The van der Waals surface area contributed by atoms with E-state index in [2.05, 4.69) is 5.10 Å². The van der Waals surface area contributed by atoms with Gasteiger partial charge >= 0.3 is 5.97 Å². The summed E-state index contributed by atoms with van der Waals surface area (Å²) in [6, 6.07) is 10.2. The van der Waals surface area contributed by atoms with Crippen molar-refractivity contribution in [2.24, 2.45) is 0 Å². The molecule has 0 unspecified atom stereocenters. The molecule has 0 aliphatic rings. The van der Waals surface area contributed by atoms with Gasteiger partial charge in [0.15, 0.2) is 5.69 Å². The van der Waals surface area contributed by atoms with Gasteiger partial charge in [-0.2, -0.15) is 10.4 Å². The Morgan fingerprint density at radius 3 is 2.95 bits per heavy atom. The molecule has 6 heteroatoms. The quantitative estimate of drug-likeness (QED) is 0.898. The number of aromatic nitrogens is 2. The van der Waals surface area contributed by atoms with Gasteiger partial charge in [0, 0.05) is 7.11 Å². The number of aromatic carboxylic acids is 1. The molecule has 0 atom stereocenters. The zero-order valence-electron chi connectivity index (χ0n) is 10.2. The van der Waals surface area contributed by atoms with Crippen LogP contribution in [0.1, 0.15) is 21.7 Å². The minimum Gasteiger partial charge on any atom is -0.476 e. The normalized spacial score (nSPS) is 10.1. The molecule has 0 fully saturated rings. The van der Waals surface area contributed by atoms with Gasteiger partial charge in [0.2, 0.25) is 0 Å². The van der Waals surface area contributed by atoms with Crippen molar-refractivity contribution in [2.45, 2.75) is 6.61 Å². The summed E-state index contributed by atoms with van der Waals surface area (Å²) in [5.74, 6) is -1.10. The van der Waals surface area contributed by atoms with Gasteiger partial charge < -0.3 is 9.84 Å². The van der Waals surface area contributed by atoms with E-state index in [1.807, 2.05) is 6.07 Å². The Labute approximate surface area is 109 Å². The highest BCUT2D eigenvalue weighted by molar-refractivity contribution is 5.85. The predicted octanol–water partition coefficient (Wildman–Crippen LogP) is 1.59. The van der Waals surface area contributed by atoms with Crippen LogP contribution < -0.4 is 0 Å². The molecule has 0 amide bonds. The maximum atomic E-state index is 11.0. The lowest BCUT2D eigenvalue weighted by Crippen LogP contribution is -2.04. The van der Waals surface area contributed by atoms with Crippen LogP contribution in [-0.2, 0) is 11.3 Å². The Bertz CT molecular complexity index is 655. The topological polar surface area (TPSA) is 88.1 Å². The van der Waals surface area contributed by atoms with Crippen LogP contribution in [0.4, 0.5) is 0 Å². The molecule has 2 rings (SSSR count). The van der Waals surface area contributed by atoms with Crippen molar-refractivity contribution < 1.29 is 14.6 Å². The molecule has 19 heavy (non-hydrogen) atoms. The van der Waals surface area contributed by atoms with Crippen molar-refractivity contribution in [3.63, 3.8) is 0 Å². The van der Waals surface area contributed by atoms with Crippen molar-refractivity contribution in [2.75, 3.05) is 7.11 Å². The third-order valence-electron chi connectivity index (χ3n) is 2.51. The van der Waals surface area contributed by atoms with Crippen LogP contribution in [0.5, 0.6) is 0 Å². The van der Waals surface area contributed by atoms with E-state index in [1.165, 1.54) is 17.9 Å². The number of benzene rings is 1. The second kappa shape index (κ2) is 5.33. The first-order valence-corrected chi connectivity index (χ1v) is 5.47. The van der Waals surface area contributed by atoms with E-state index in [0.29, 0.717) is 16.9 Å². The maximum absolute atomic E-state index is 11.0. The number of methoxy groups -OCH3 is 1. The number of hydrogen-bond acceptors (Lipinski definition) is 4. The number of hydrogen-bond donors (Lipinski definition) is 1. The molecule has 0 saturated carbocycles. The Kier molecular flexibility index (Phi) is 3.59. The molecular formula is C13H11N3O3. The summed E-state index contributed by atoms with van der Waals surface area (Å²) in [6.45, 7) is 0.233. The van der Waals surface area contributed by atoms with Crippen LogP contribution in [0.2, 0.25) is 0 Å². The van der Waals surface area contributed by atoms with Gasteiger partial charge in [-0.15, -0.1) is 0 Å². The third kappa shape index (κ3) is 2.61. The first kappa shape index (κ1) is 12.8. The number of nitrogens with zero attached hydrogens (tertiary/aromatic N) is 3. The minimum atomic E-state index is -1.10. The molecule has 1 aromatic heterocycles. The van der Waals surface area contributed by atoms with E-state index < -0.39 is 5.97 Å². The van der Waals surface area contributed by atoms with E-state index in [0.717, 1.165) is 0 Å². The first-order chi connectivity index (χ1) is 9.15. The largest absolute Gasteiger partial charge is 0.476 e. The summed E-state index contributed by atoms with van der Waals surface area (Å²) in [6.07, 6.45) is 0. The molecule has 1 aromatic carbocycles. The summed E-state index contributed by atoms with van der Waals surface area (Å²) in [5.41, 5.74) is 1.65. The number of nitriles is 1. The zero-order valence-corrected chi connectivity index (χ0v) is 10.2. The lowest BCUT2D eigenvalue weighted by Gasteiger charge is -2.06. The van der Waals surface area contributed by atoms with Crippen LogP contribution in [0.3, 0.4) is 0 Å².